The fourth-order valence-corrected chi connectivity index (χ4v) is 2.55. The first-order valence-corrected chi connectivity index (χ1v) is 5.85. The molecule has 0 radical (unpaired) electrons. The summed E-state index contributed by atoms with van der Waals surface area (Å²) < 4.78 is 0. The maximum Gasteiger partial charge on any atom is 0.231 e. The van der Waals surface area contributed by atoms with Crippen LogP contribution in [0.3, 0.4) is 0 Å². The van der Waals surface area contributed by atoms with Crippen LogP contribution in [0.15, 0.2) is 4.99 Å². The highest BCUT2D eigenvalue weighted by Gasteiger charge is 2.41. The number of piperidine rings is 1. The van der Waals surface area contributed by atoms with Crippen LogP contribution in [0.5, 0.6) is 0 Å². The topological polar surface area (TPSA) is 70.7 Å². The van der Waals surface area contributed by atoms with Gasteiger partial charge in [-0.15, -0.1) is 0 Å². The number of carbonyl (C=O) groups is 1. The summed E-state index contributed by atoms with van der Waals surface area (Å²) in [6.07, 6.45) is 2.74. The number of hydrogen-bond acceptors (Lipinski definition) is 4. The lowest BCUT2D eigenvalue weighted by atomic mass is 9.78. The smallest absolute Gasteiger partial charge is 0.231 e. The summed E-state index contributed by atoms with van der Waals surface area (Å²) in [6.45, 7) is 4.05. The number of nitrogens with one attached hydrogen (secondary N) is 1. The highest BCUT2D eigenvalue weighted by atomic mass is 16.2. The second-order valence-corrected chi connectivity index (χ2v) is 5.00. The molecule has 0 bridgehead atoms. The van der Waals surface area contributed by atoms with Crippen LogP contribution < -0.4 is 11.1 Å². The first-order chi connectivity index (χ1) is 7.53. The summed E-state index contributed by atoms with van der Waals surface area (Å²) in [5, 5.41) is 3.36. The summed E-state index contributed by atoms with van der Waals surface area (Å²) in [5.74, 6) is 0.836. The minimum Gasteiger partial charge on any atom is -0.369 e. The quantitative estimate of drug-likeness (QED) is 0.654. The zero-order valence-corrected chi connectivity index (χ0v) is 9.99. The number of nitrogens with two attached hydrogens (primary N) is 1. The maximum absolute atomic E-state index is 11.8. The van der Waals surface area contributed by atoms with Gasteiger partial charge in [0, 0.05) is 13.6 Å². The molecule has 2 heterocycles. The van der Waals surface area contributed by atoms with Gasteiger partial charge in [0.2, 0.25) is 5.91 Å². The first-order valence-electron chi connectivity index (χ1n) is 5.85. The number of guanidine groups is 1. The molecule has 3 N–H and O–H groups in total. The Bertz CT molecular complexity index is 322. The summed E-state index contributed by atoms with van der Waals surface area (Å²) in [4.78, 5) is 17.8. The Kier molecular flexibility index (Phi) is 2.88. The molecule has 1 unspecified atom stereocenters. The van der Waals surface area contributed by atoms with Crippen molar-refractivity contribution in [1.29, 1.82) is 0 Å². The molecule has 0 aliphatic carbocycles. The Labute approximate surface area is 96.1 Å². The monoisotopic (exact) mass is 224 g/mol. The van der Waals surface area contributed by atoms with Gasteiger partial charge in [-0.05, 0) is 32.2 Å². The molecule has 5 nitrogen and oxygen atoms in total. The van der Waals surface area contributed by atoms with Crippen molar-refractivity contribution >= 4 is 11.9 Å². The van der Waals surface area contributed by atoms with Gasteiger partial charge in [-0.1, -0.05) is 0 Å². The molecule has 2 atom stereocenters. The molecule has 0 aromatic rings. The summed E-state index contributed by atoms with van der Waals surface area (Å²) in [6, 6.07) is 0. The van der Waals surface area contributed by atoms with E-state index in [0.717, 1.165) is 25.9 Å². The van der Waals surface area contributed by atoms with Crippen molar-refractivity contribution in [2.45, 2.75) is 31.7 Å². The highest BCUT2D eigenvalue weighted by Crippen LogP contribution is 2.33. The third-order valence-electron chi connectivity index (χ3n) is 3.77. The number of rotatable bonds is 1. The Morgan fingerprint density at radius 1 is 1.62 bits per heavy atom. The SMILES string of the molecule is CN1C(=O)C[C@@](C)(C2CCCNC2)N=C1N. The Hall–Kier alpha value is -1.10. The van der Waals surface area contributed by atoms with Gasteiger partial charge < -0.3 is 11.1 Å². The van der Waals surface area contributed by atoms with Gasteiger partial charge in [-0.25, -0.2) is 4.99 Å². The second kappa shape index (κ2) is 4.05. The summed E-state index contributed by atoms with van der Waals surface area (Å²) in [5.41, 5.74) is 5.47. The third-order valence-corrected chi connectivity index (χ3v) is 3.77. The van der Waals surface area contributed by atoms with Gasteiger partial charge in [-0.2, -0.15) is 0 Å². The molecular formula is C11H20N4O. The van der Waals surface area contributed by atoms with E-state index in [-0.39, 0.29) is 11.4 Å². The van der Waals surface area contributed by atoms with E-state index >= 15 is 0 Å². The number of nitrogens with zero attached hydrogens (tertiary/aromatic N) is 2. The van der Waals surface area contributed by atoms with Crippen molar-refractivity contribution in [3.05, 3.63) is 0 Å². The fraction of sp³-hybridized carbons (Fsp3) is 0.818. The van der Waals surface area contributed by atoms with E-state index in [2.05, 4.69) is 10.3 Å². The predicted molar refractivity (Wildman–Crippen MR) is 63.0 cm³/mol. The van der Waals surface area contributed by atoms with Crippen LogP contribution in [0.25, 0.3) is 0 Å². The van der Waals surface area contributed by atoms with E-state index in [1.54, 1.807) is 7.05 Å². The fourth-order valence-electron chi connectivity index (χ4n) is 2.55. The van der Waals surface area contributed by atoms with E-state index in [1.165, 1.54) is 4.90 Å². The van der Waals surface area contributed by atoms with Crippen molar-refractivity contribution in [1.82, 2.24) is 10.2 Å². The normalized spacial score (nSPS) is 36.1. The van der Waals surface area contributed by atoms with E-state index in [4.69, 9.17) is 5.73 Å². The zero-order chi connectivity index (χ0) is 11.8. The molecule has 2 aliphatic heterocycles. The molecule has 0 aromatic heterocycles. The van der Waals surface area contributed by atoms with E-state index < -0.39 is 0 Å². The van der Waals surface area contributed by atoms with Gasteiger partial charge in [0.1, 0.15) is 0 Å². The minimum absolute atomic E-state index is 0.0700. The molecular weight excluding hydrogens is 204 g/mol. The van der Waals surface area contributed by atoms with Crippen molar-refractivity contribution in [2.24, 2.45) is 16.6 Å². The molecule has 0 spiro atoms. The van der Waals surface area contributed by atoms with Gasteiger partial charge in [-0.3, -0.25) is 9.69 Å². The van der Waals surface area contributed by atoms with E-state index in [0.29, 0.717) is 18.3 Å². The molecule has 2 rings (SSSR count). The van der Waals surface area contributed by atoms with Crippen molar-refractivity contribution in [2.75, 3.05) is 20.1 Å². The zero-order valence-electron chi connectivity index (χ0n) is 9.99. The van der Waals surface area contributed by atoms with Gasteiger partial charge in [0.25, 0.3) is 0 Å². The first kappa shape index (κ1) is 11.4. The molecule has 90 valence electrons. The molecule has 1 saturated heterocycles. The van der Waals surface area contributed by atoms with Crippen LogP contribution >= 0.6 is 0 Å². The maximum atomic E-state index is 11.8. The van der Waals surface area contributed by atoms with Crippen LogP contribution in [-0.4, -0.2) is 42.4 Å². The van der Waals surface area contributed by atoms with Crippen LogP contribution in [0.4, 0.5) is 0 Å². The van der Waals surface area contributed by atoms with Crippen molar-refractivity contribution in [3.8, 4) is 0 Å². The average molecular weight is 224 g/mol. The number of aliphatic imine (C=N–C) groups is 1. The van der Waals surface area contributed by atoms with Crippen molar-refractivity contribution < 1.29 is 4.79 Å². The summed E-state index contributed by atoms with van der Waals surface area (Å²) >= 11 is 0. The number of amides is 1. The summed E-state index contributed by atoms with van der Waals surface area (Å²) in [7, 11) is 1.68. The van der Waals surface area contributed by atoms with Gasteiger partial charge >= 0.3 is 0 Å². The second-order valence-electron chi connectivity index (χ2n) is 5.00. The highest BCUT2D eigenvalue weighted by molar-refractivity contribution is 5.98. The van der Waals surface area contributed by atoms with E-state index in [9.17, 15) is 4.79 Å². The van der Waals surface area contributed by atoms with Gasteiger partial charge in [0.05, 0.1) is 12.0 Å². The Balaban J connectivity index is 2.20. The number of hydrogen-bond donors (Lipinski definition) is 2. The molecule has 1 amide bonds. The molecule has 0 aromatic carbocycles. The van der Waals surface area contributed by atoms with E-state index in [1.807, 2.05) is 6.92 Å². The largest absolute Gasteiger partial charge is 0.369 e. The molecule has 2 aliphatic rings. The van der Waals surface area contributed by atoms with Crippen LogP contribution in [0, 0.1) is 5.92 Å². The Morgan fingerprint density at radius 3 is 2.94 bits per heavy atom. The standard InChI is InChI=1S/C11H20N4O/c1-11(8-4-3-5-13-7-8)6-9(16)15(2)10(12)14-11/h8,13H,3-7H2,1-2H3,(H2,12,14)/t8?,11-/m0/s1. The van der Waals surface area contributed by atoms with Crippen LogP contribution in [0.2, 0.25) is 0 Å². The lowest BCUT2D eigenvalue weighted by molar-refractivity contribution is -0.129. The molecule has 0 saturated carbocycles. The van der Waals surface area contributed by atoms with Crippen molar-refractivity contribution in [3.63, 3.8) is 0 Å². The third kappa shape index (κ3) is 1.91. The molecule has 16 heavy (non-hydrogen) atoms. The predicted octanol–water partition coefficient (Wildman–Crippen LogP) is -0.0785. The lowest BCUT2D eigenvalue weighted by Crippen LogP contribution is -2.53. The van der Waals surface area contributed by atoms with Crippen LogP contribution in [0.1, 0.15) is 26.2 Å². The van der Waals surface area contributed by atoms with Gasteiger partial charge in [0.15, 0.2) is 5.96 Å². The minimum atomic E-state index is -0.318. The molecule has 1 fully saturated rings. The molecule has 5 heteroatoms. The number of carbonyl (C=O) groups excluding carboxylic acids is 1. The Morgan fingerprint density at radius 2 is 2.38 bits per heavy atom. The average Bonchev–Trinajstić information content (AvgIpc) is 2.27. The van der Waals surface area contributed by atoms with Crippen LogP contribution in [-0.2, 0) is 4.79 Å². The lowest BCUT2D eigenvalue weighted by Gasteiger charge is -2.40.